The van der Waals surface area contributed by atoms with Gasteiger partial charge in [0.15, 0.2) is 6.29 Å². The van der Waals surface area contributed by atoms with Crippen LogP contribution in [0.15, 0.2) is 35.9 Å². The van der Waals surface area contributed by atoms with E-state index in [-0.39, 0.29) is 65.2 Å². The quantitative estimate of drug-likeness (QED) is 0.0630. The molecular weight excluding hydrogens is 763 g/mol. The van der Waals surface area contributed by atoms with Gasteiger partial charge in [-0.05, 0) is 121 Å². The molecule has 1 heterocycles. The van der Waals surface area contributed by atoms with E-state index in [2.05, 4.69) is 77.2 Å². The SMILES string of the molecule is CCCCCC1CC2(C(=O)O)CCC(C)(CO)CC2C2=CCC3C4(C)CC(OCc5ccc(CNC)cc5)C(OC5OCC(O)C(O)C5O)C(C)(CO)C4CCC3(C)C21C. The molecule has 1 aromatic carbocycles. The molecule has 16 atom stereocenters. The maximum Gasteiger partial charge on any atom is 0.310 e. The first kappa shape index (κ1) is 46.1. The van der Waals surface area contributed by atoms with Crippen molar-refractivity contribution in [3.63, 3.8) is 0 Å². The Kier molecular flexibility index (Phi) is 13.2. The van der Waals surface area contributed by atoms with Crippen LogP contribution in [0, 0.1) is 56.2 Å². The molecule has 0 bridgehead atoms. The van der Waals surface area contributed by atoms with Gasteiger partial charge in [0.2, 0.25) is 0 Å². The van der Waals surface area contributed by atoms with Gasteiger partial charge in [-0.2, -0.15) is 0 Å². The van der Waals surface area contributed by atoms with E-state index >= 15 is 0 Å². The molecule has 5 fully saturated rings. The van der Waals surface area contributed by atoms with Crippen LogP contribution >= 0.6 is 0 Å². The third-order valence-electron chi connectivity index (χ3n) is 18.3. The van der Waals surface area contributed by atoms with E-state index in [1.807, 2.05) is 7.05 Å². The smallest absolute Gasteiger partial charge is 0.310 e. The number of rotatable bonds is 14. The van der Waals surface area contributed by atoms with Gasteiger partial charge in [-0.15, -0.1) is 0 Å². The van der Waals surface area contributed by atoms with Gasteiger partial charge < -0.3 is 50.2 Å². The predicted molar refractivity (Wildman–Crippen MR) is 228 cm³/mol. The molecule has 338 valence electrons. The van der Waals surface area contributed by atoms with Crippen LogP contribution in [0.5, 0.6) is 0 Å². The number of hydrogen-bond acceptors (Lipinski definition) is 10. The first-order valence-electron chi connectivity index (χ1n) is 23.2. The van der Waals surface area contributed by atoms with Crippen LogP contribution in [0.1, 0.15) is 130 Å². The Morgan fingerprint density at radius 1 is 0.900 bits per heavy atom. The van der Waals surface area contributed by atoms with E-state index in [4.69, 9.17) is 14.2 Å². The maximum absolute atomic E-state index is 13.7. The number of nitrogens with one attached hydrogen (secondary N) is 1. The summed E-state index contributed by atoms with van der Waals surface area (Å²) in [4.78, 5) is 13.7. The number of ether oxygens (including phenoxy) is 3. The molecule has 7 N–H and O–H groups in total. The van der Waals surface area contributed by atoms with Crippen LogP contribution < -0.4 is 5.32 Å². The third kappa shape index (κ3) is 7.35. The first-order valence-corrected chi connectivity index (χ1v) is 23.2. The lowest BCUT2D eigenvalue weighted by molar-refractivity contribution is -0.333. The monoisotopic (exact) mass is 840 g/mol. The summed E-state index contributed by atoms with van der Waals surface area (Å²) >= 11 is 0. The highest BCUT2D eigenvalue weighted by atomic mass is 16.7. The second kappa shape index (κ2) is 17.2. The van der Waals surface area contributed by atoms with Crippen LogP contribution in [0.4, 0.5) is 0 Å². The van der Waals surface area contributed by atoms with E-state index in [0.29, 0.717) is 38.7 Å². The zero-order valence-electron chi connectivity index (χ0n) is 37.5. The summed E-state index contributed by atoms with van der Waals surface area (Å²) in [7, 11) is 1.92. The number of hydrogen-bond donors (Lipinski definition) is 7. The first-order chi connectivity index (χ1) is 28.4. The fraction of sp³-hybridized carbons (Fsp3) is 0.816. The molecule has 5 aliphatic carbocycles. The number of carboxylic acids is 1. The van der Waals surface area contributed by atoms with Gasteiger partial charge in [-0.1, -0.05) is 96.7 Å². The van der Waals surface area contributed by atoms with Gasteiger partial charge in [0, 0.05) is 18.6 Å². The molecule has 1 saturated heterocycles. The van der Waals surface area contributed by atoms with Crippen molar-refractivity contribution in [3.05, 3.63) is 47.0 Å². The average molecular weight is 840 g/mol. The number of aliphatic carboxylic acids is 1. The number of aliphatic hydroxyl groups is 5. The van der Waals surface area contributed by atoms with E-state index in [1.54, 1.807) is 0 Å². The summed E-state index contributed by atoms with van der Waals surface area (Å²) in [6.07, 6.45) is 5.89. The number of benzene rings is 1. The van der Waals surface area contributed by atoms with Crippen molar-refractivity contribution in [3.8, 4) is 0 Å². The Morgan fingerprint density at radius 2 is 1.62 bits per heavy atom. The Morgan fingerprint density at radius 3 is 2.27 bits per heavy atom. The highest BCUT2D eigenvalue weighted by Gasteiger charge is 2.73. The van der Waals surface area contributed by atoms with Gasteiger partial charge in [0.05, 0.1) is 37.4 Å². The molecule has 0 radical (unpaired) electrons. The van der Waals surface area contributed by atoms with Crippen molar-refractivity contribution in [1.82, 2.24) is 5.32 Å². The summed E-state index contributed by atoms with van der Waals surface area (Å²) in [5.74, 6) is -0.455. The molecule has 7 rings (SSSR count). The van der Waals surface area contributed by atoms with E-state index in [0.717, 1.165) is 62.6 Å². The van der Waals surface area contributed by atoms with E-state index < -0.39 is 53.6 Å². The number of carbonyl (C=O) groups is 1. The minimum absolute atomic E-state index is 0.00107. The summed E-state index contributed by atoms with van der Waals surface area (Å²) in [6.45, 7) is 14.6. The zero-order chi connectivity index (χ0) is 43.5. The van der Waals surface area contributed by atoms with Crippen molar-refractivity contribution in [1.29, 1.82) is 0 Å². The Hall–Kier alpha value is -1.93. The normalized spacial score (nSPS) is 46.4. The van der Waals surface area contributed by atoms with Crippen LogP contribution in [0.3, 0.4) is 0 Å². The van der Waals surface area contributed by atoms with Gasteiger partial charge in [0.25, 0.3) is 0 Å². The van der Waals surface area contributed by atoms with E-state index in [9.17, 15) is 35.4 Å². The molecule has 0 spiro atoms. The highest BCUT2D eigenvalue weighted by molar-refractivity contribution is 5.77. The number of carboxylic acid groups (broad SMARTS) is 1. The molecule has 6 aliphatic rings. The highest BCUT2D eigenvalue weighted by Crippen LogP contribution is 2.77. The predicted octanol–water partition coefficient (Wildman–Crippen LogP) is 6.36. The molecule has 0 amide bonds. The minimum atomic E-state index is -1.48. The summed E-state index contributed by atoms with van der Waals surface area (Å²) in [5, 5.41) is 68.8. The van der Waals surface area contributed by atoms with Crippen LogP contribution in [0.25, 0.3) is 0 Å². The molecule has 1 aliphatic heterocycles. The van der Waals surface area contributed by atoms with Crippen molar-refractivity contribution < 1.29 is 49.6 Å². The summed E-state index contributed by atoms with van der Waals surface area (Å²) in [5.41, 5.74) is 0.680. The van der Waals surface area contributed by atoms with Crippen LogP contribution in [-0.4, -0.2) is 100 Å². The topological polar surface area (TPSA) is 178 Å². The molecule has 4 saturated carbocycles. The lowest BCUT2D eigenvalue weighted by atomic mass is 9.31. The fourth-order valence-corrected chi connectivity index (χ4v) is 14.7. The number of fused-ring (bicyclic) bond motifs is 7. The average Bonchev–Trinajstić information content (AvgIpc) is 3.22. The lowest BCUT2D eigenvalue weighted by Crippen LogP contribution is -2.70. The van der Waals surface area contributed by atoms with Gasteiger partial charge in [0.1, 0.15) is 18.3 Å². The Labute approximate surface area is 358 Å². The lowest BCUT2D eigenvalue weighted by Gasteiger charge is -2.73. The number of allylic oxidation sites excluding steroid dienone is 2. The van der Waals surface area contributed by atoms with E-state index in [1.165, 1.54) is 5.57 Å². The number of aliphatic hydroxyl groups excluding tert-OH is 5. The van der Waals surface area contributed by atoms with Crippen molar-refractivity contribution in [2.24, 2.45) is 56.2 Å². The third-order valence-corrected chi connectivity index (χ3v) is 18.3. The fourth-order valence-electron chi connectivity index (χ4n) is 14.7. The molecule has 16 unspecified atom stereocenters. The Bertz CT molecular complexity index is 1710. The second-order valence-electron chi connectivity index (χ2n) is 21.6. The van der Waals surface area contributed by atoms with Crippen molar-refractivity contribution >= 4 is 5.97 Å². The minimum Gasteiger partial charge on any atom is -0.481 e. The molecule has 11 heteroatoms. The summed E-state index contributed by atoms with van der Waals surface area (Å²) in [6, 6.07) is 8.33. The molecule has 60 heavy (non-hydrogen) atoms. The molecule has 11 nitrogen and oxygen atoms in total. The molecule has 0 aromatic heterocycles. The largest absolute Gasteiger partial charge is 0.481 e. The van der Waals surface area contributed by atoms with Crippen molar-refractivity contribution in [2.45, 2.75) is 169 Å². The standard InChI is InChI=1S/C49H77NO10/c1-8-9-10-11-32-22-49(43(56)57)21-20-44(2,28-51)23-34(49)33-16-17-38-45(3)24-36(58-26-31-14-12-30(13-15-31)25-50-7)41(60-42-40(55)39(54)35(53)27-59-42)46(4,29-52)37(45)18-19-47(38,5)48(32,33)6/h12-16,32,34-42,50-55H,8-11,17-29H2,1-7H3,(H,56,57). The van der Waals surface area contributed by atoms with Crippen molar-refractivity contribution in [2.75, 3.05) is 26.9 Å². The van der Waals surface area contributed by atoms with Crippen LogP contribution in [0.2, 0.25) is 0 Å². The van der Waals surface area contributed by atoms with Gasteiger partial charge in [-0.3, -0.25) is 4.79 Å². The summed E-state index contributed by atoms with van der Waals surface area (Å²) < 4.78 is 19.6. The Balaban J connectivity index is 1.30. The molecular formula is C49H77NO10. The van der Waals surface area contributed by atoms with Gasteiger partial charge in [-0.25, -0.2) is 0 Å². The second-order valence-corrected chi connectivity index (χ2v) is 21.6. The number of unbranched alkanes of at least 4 members (excludes halogenated alkanes) is 2. The zero-order valence-corrected chi connectivity index (χ0v) is 37.5. The van der Waals surface area contributed by atoms with Crippen LogP contribution in [-0.2, 0) is 32.2 Å². The van der Waals surface area contributed by atoms with Gasteiger partial charge >= 0.3 is 5.97 Å². The molecule has 1 aromatic rings. The maximum atomic E-state index is 13.7.